The molecule has 0 aromatic heterocycles. The molecule has 0 fully saturated rings. The summed E-state index contributed by atoms with van der Waals surface area (Å²) >= 11 is 0. The minimum Gasteiger partial charge on any atom is -0.398 e. The van der Waals surface area contributed by atoms with Crippen LogP contribution in [-0.2, 0) is 21.2 Å². The van der Waals surface area contributed by atoms with E-state index in [1.807, 2.05) is 18.2 Å². The van der Waals surface area contributed by atoms with Gasteiger partial charge in [0.25, 0.3) is 5.91 Å². The van der Waals surface area contributed by atoms with Gasteiger partial charge in [0, 0.05) is 37.1 Å². The number of methoxy groups -OCH3 is 1. The quantitative estimate of drug-likeness (QED) is 0.579. The van der Waals surface area contributed by atoms with Crippen LogP contribution < -0.4 is 15.4 Å². The first-order valence-electron chi connectivity index (χ1n) is 8.72. The van der Waals surface area contributed by atoms with Gasteiger partial charge < -0.3 is 15.4 Å². The summed E-state index contributed by atoms with van der Waals surface area (Å²) in [5.41, 5.74) is 8.97. The van der Waals surface area contributed by atoms with Crippen LogP contribution in [0.25, 0.3) is 0 Å². The van der Waals surface area contributed by atoms with Crippen molar-refractivity contribution in [1.82, 2.24) is 4.72 Å². The molecule has 1 amide bonds. The number of ether oxygens (including phenoxy) is 1. The minimum absolute atomic E-state index is 0.110. The highest BCUT2D eigenvalue weighted by Crippen LogP contribution is 2.32. The van der Waals surface area contributed by atoms with Gasteiger partial charge >= 0.3 is 0 Å². The van der Waals surface area contributed by atoms with Gasteiger partial charge in [0.15, 0.2) is 0 Å². The zero-order chi connectivity index (χ0) is 19.4. The first-order chi connectivity index (χ1) is 12.9. The number of nitrogens with one attached hydrogen (secondary N) is 1. The summed E-state index contributed by atoms with van der Waals surface area (Å²) in [6, 6.07) is 11.5. The van der Waals surface area contributed by atoms with Crippen molar-refractivity contribution in [3.05, 3.63) is 53.6 Å². The summed E-state index contributed by atoms with van der Waals surface area (Å²) in [5.74, 6) is -0.169. The van der Waals surface area contributed by atoms with E-state index < -0.39 is 10.0 Å². The number of nitrogens with two attached hydrogens (primary N) is 1. The Morgan fingerprint density at radius 1 is 1.22 bits per heavy atom. The van der Waals surface area contributed by atoms with Gasteiger partial charge in [-0.25, -0.2) is 13.1 Å². The van der Waals surface area contributed by atoms with E-state index in [4.69, 9.17) is 10.5 Å². The third-order valence-corrected chi connectivity index (χ3v) is 6.02. The first-order valence-corrected chi connectivity index (χ1v) is 10.2. The van der Waals surface area contributed by atoms with Crippen molar-refractivity contribution in [3.63, 3.8) is 0 Å². The lowest BCUT2D eigenvalue weighted by atomic mass is 9.99. The van der Waals surface area contributed by atoms with Gasteiger partial charge in [-0.05, 0) is 54.8 Å². The monoisotopic (exact) mass is 389 g/mol. The minimum atomic E-state index is -3.63. The number of carbonyl (C=O) groups is 1. The van der Waals surface area contributed by atoms with Crippen LogP contribution in [0.1, 0.15) is 22.3 Å². The molecule has 144 valence electrons. The molecule has 8 heteroatoms. The molecule has 3 N–H and O–H groups in total. The van der Waals surface area contributed by atoms with Crippen molar-refractivity contribution in [2.75, 3.05) is 37.4 Å². The van der Waals surface area contributed by atoms with E-state index in [1.165, 1.54) is 31.4 Å². The SMILES string of the molecule is COCCNS(=O)(=O)c1ccc(C(=O)N2CCCc3c(N)cccc32)cc1. The number of nitrogens with zero attached hydrogens (tertiary/aromatic N) is 1. The average molecular weight is 389 g/mol. The van der Waals surface area contributed by atoms with Crippen LogP contribution in [0.3, 0.4) is 0 Å². The van der Waals surface area contributed by atoms with Crippen molar-refractivity contribution in [2.24, 2.45) is 0 Å². The molecule has 2 aromatic carbocycles. The van der Waals surface area contributed by atoms with Gasteiger partial charge in [-0.15, -0.1) is 0 Å². The van der Waals surface area contributed by atoms with Gasteiger partial charge in [-0.2, -0.15) is 0 Å². The largest absolute Gasteiger partial charge is 0.398 e. The predicted molar refractivity (Wildman–Crippen MR) is 104 cm³/mol. The molecule has 1 heterocycles. The summed E-state index contributed by atoms with van der Waals surface area (Å²) in [6.45, 7) is 1.08. The highest BCUT2D eigenvalue weighted by atomic mass is 32.2. The number of hydrogen-bond donors (Lipinski definition) is 2. The number of amides is 1. The zero-order valence-corrected chi connectivity index (χ0v) is 16.0. The van der Waals surface area contributed by atoms with Gasteiger partial charge in [0.05, 0.1) is 11.5 Å². The highest BCUT2D eigenvalue weighted by molar-refractivity contribution is 7.89. The molecule has 0 atom stereocenters. The Morgan fingerprint density at radius 3 is 2.67 bits per heavy atom. The maximum atomic E-state index is 12.9. The summed E-state index contributed by atoms with van der Waals surface area (Å²) in [5, 5.41) is 0. The van der Waals surface area contributed by atoms with Crippen LogP contribution in [0.5, 0.6) is 0 Å². The molecule has 0 radical (unpaired) electrons. The van der Waals surface area contributed by atoms with Crippen molar-refractivity contribution in [3.8, 4) is 0 Å². The molecule has 7 nitrogen and oxygen atoms in total. The molecule has 0 bridgehead atoms. The Balaban J connectivity index is 1.81. The second-order valence-corrected chi connectivity index (χ2v) is 8.09. The average Bonchev–Trinajstić information content (AvgIpc) is 2.68. The summed E-state index contributed by atoms with van der Waals surface area (Å²) in [7, 11) is -2.12. The number of rotatable bonds is 6. The lowest BCUT2D eigenvalue weighted by Gasteiger charge is -2.30. The number of sulfonamides is 1. The zero-order valence-electron chi connectivity index (χ0n) is 15.1. The topological polar surface area (TPSA) is 102 Å². The fourth-order valence-corrected chi connectivity index (χ4v) is 4.17. The second-order valence-electron chi connectivity index (χ2n) is 6.32. The summed E-state index contributed by atoms with van der Waals surface area (Å²) in [6.07, 6.45) is 1.68. The van der Waals surface area contributed by atoms with Crippen LogP contribution in [0, 0.1) is 0 Å². The summed E-state index contributed by atoms with van der Waals surface area (Å²) in [4.78, 5) is 14.8. The van der Waals surface area contributed by atoms with Crippen molar-refractivity contribution >= 4 is 27.3 Å². The third-order valence-electron chi connectivity index (χ3n) is 4.54. The van der Waals surface area contributed by atoms with E-state index in [-0.39, 0.29) is 24.0 Å². The smallest absolute Gasteiger partial charge is 0.258 e. The van der Waals surface area contributed by atoms with E-state index >= 15 is 0 Å². The van der Waals surface area contributed by atoms with Crippen molar-refractivity contribution in [2.45, 2.75) is 17.7 Å². The molecule has 0 spiro atoms. The number of carbonyl (C=O) groups excluding carboxylic acids is 1. The fourth-order valence-electron chi connectivity index (χ4n) is 3.16. The first kappa shape index (κ1) is 19.3. The van der Waals surface area contributed by atoms with Crippen molar-refractivity contribution < 1.29 is 17.9 Å². The van der Waals surface area contributed by atoms with Gasteiger partial charge in [-0.3, -0.25) is 4.79 Å². The van der Waals surface area contributed by atoms with Crippen LogP contribution in [-0.4, -0.2) is 41.1 Å². The van der Waals surface area contributed by atoms with Crippen molar-refractivity contribution in [1.29, 1.82) is 0 Å². The van der Waals surface area contributed by atoms with E-state index in [1.54, 1.807) is 4.90 Å². The lowest BCUT2D eigenvalue weighted by molar-refractivity contribution is 0.0985. The summed E-state index contributed by atoms with van der Waals surface area (Å²) < 4.78 is 31.7. The molecule has 2 aromatic rings. The van der Waals surface area contributed by atoms with E-state index in [9.17, 15) is 13.2 Å². The van der Waals surface area contributed by atoms with E-state index in [0.29, 0.717) is 17.8 Å². The van der Waals surface area contributed by atoms with Gasteiger partial charge in [0.2, 0.25) is 10.0 Å². The lowest BCUT2D eigenvalue weighted by Crippen LogP contribution is -2.35. The maximum absolute atomic E-state index is 12.9. The molecule has 1 aliphatic rings. The van der Waals surface area contributed by atoms with E-state index in [2.05, 4.69) is 4.72 Å². The number of hydrogen-bond acceptors (Lipinski definition) is 5. The van der Waals surface area contributed by atoms with Gasteiger partial charge in [-0.1, -0.05) is 6.07 Å². The predicted octanol–water partition coefficient (Wildman–Crippen LogP) is 1.79. The number of anilines is 2. The van der Waals surface area contributed by atoms with Gasteiger partial charge in [0.1, 0.15) is 0 Å². The molecule has 27 heavy (non-hydrogen) atoms. The Morgan fingerprint density at radius 2 is 1.96 bits per heavy atom. The fraction of sp³-hybridized carbons (Fsp3) is 0.316. The Kier molecular flexibility index (Phi) is 5.79. The molecule has 0 unspecified atom stereocenters. The molecule has 0 aliphatic carbocycles. The van der Waals surface area contributed by atoms with Crippen LogP contribution in [0.2, 0.25) is 0 Å². The Labute approximate surface area is 159 Å². The standard InChI is InChI=1S/C19H23N3O4S/c1-26-13-11-21-27(24,25)15-9-7-14(8-10-15)19(23)22-12-3-4-16-17(20)5-2-6-18(16)22/h2,5-10,21H,3-4,11-13,20H2,1H3. The van der Waals surface area contributed by atoms with E-state index in [0.717, 1.165) is 24.1 Å². The molecule has 0 saturated carbocycles. The molecular weight excluding hydrogens is 366 g/mol. The number of benzene rings is 2. The van der Waals surface area contributed by atoms with Crippen LogP contribution >= 0.6 is 0 Å². The molecule has 1 aliphatic heterocycles. The number of nitrogen functional groups attached to an aromatic ring is 1. The molecule has 3 rings (SSSR count). The molecular formula is C19H23N3O4S. The highest BCUT2D eigenvalue weighted by Gasteiger charge is 2.25. The maximum Gasteiger partial charge on any atom is 0.258 e. The molecule has 0 saturated heterocycles. The van der Waals surface area contributed by atoms with Crippen LogP contribution in [0.15, 0.2) is 47.4 Å². The Bertz CT molecular complexity index is 926. The third kappa shape index (κ3) is 4.13. The Hall–Kier alpha value is -2.42. The normalized spacial score (nSPS) is 14.0. The number of fused-ring (bicyclic) bond motifs is 1. The van der Waals surface area contributed by atoms with Crippen LogP contribution in [0.4, 0.5) is 11.4 Å². The second kappa shape index (κ2) is 8.08.